The molecule has 2 aliphatic heterocycles. The normalized spacial score (nSPS) is 20.0. The molecule has 2 aromatic carbocycles. The zero-order valence-corrected chi connectivity index (χ0v) is 17.8. The molecule has 0 radical (unpaired) electrons. The molecule has 1 unspecified atom stereocenters. The second-order valence-corrected chi connectivity index (χ2v) is 8.29. The number of carbonyl (C=O) groups excluding carboxylic acids is 2. The van der Waals surface area contributed by atoms with Crippen LogP contribution < -0.4 is 15.1 Å². The zero-order valence-electron chi connectivity index (χ0n) is 15.7. The summed E-state index contributed by atoms with van der Waals surface area (Å²) in [7, 11) is 0. The zero-order chi connectivity index (χ0) is 19.7. The number of imide groups is 1. The van der Waals surface area contributed by atoms with Crippen LogP contribution in [0.5, 0.6) is 0 Å². The van der Waals surface area contributed by atoms with Gasteiger partial charge in [0.15, 0.2) is 0 Å². The van der Waals surface area contributed by atoms with E-state index in [4.69, 9.17) is 4.74 Å². The predicted molar refractivity (Wildman–Crippen MR) is 118 cm³/mol. The van der Waals surface area contributed by atoms with E-state index in [-0.39, 0.29) is 18.2 Å². The SMILES string of the molecule is Cc1cc(I)ccc1N1C(=O)CC(Nc2ccc(N3CCOCC3)cc2)C1=O. The molecule has 2 amide bonds. The van der Waals surface area contributed by atoms with Crippen molar-refractivity contribution in [2.45, 2.75) is 19.4 Å². The van der Waals surface area contributed by atoms with Crippen LogP contribution in [0.25, 0.3) is 0 Å². The maximum Gasteiger partial charge on any atom is 0.256 e. The van der Waals surface area contributed by atoms with E-state index in [0.29, 0.717) is 5.69 Å². The van der Waals surface area contributed by atoms with Crippen LogP contribution >= 0.6 is 22.6 Å². The molecule has 4 rings (SSSR count). The summed E-state index contributed by atoms with van der Waals surface area (Å²) in [5, 5.41) is 3.23. The highest BCUT2D eigenvalue weighted by Gasteiger charge is 2.40. The van der Waals surface area contributed by atoms with Gasteiger partial charge in [0.05, 0.1) is 25.3 Å². The van der Waals surface area contributed by atoms with Crippen molar-refractivity contribution in [3.8, 4) is 0 Å². The van der Waals surface area contributed by atoms with Crippen molar-refractivity contribution in [3.63, 3.8) is 0 Å². The number of carbonyl (C=O) groups is 2. The monoisotopic (exact) mass is 491 g/mol. The summed E-state index contributed by atoms with van der Waals surface area (Å²) >= 11 is 2.22. The van der Waals surface area contributed by atoms with Gasteiger partial charge in [-0.05, 0) is 77.5 Å². The Morgan fingerprint density at radius 2 is 1.79 bits per heavy atom. The van der Waals surface area contributed by atoms with E-state index in [1.54, 1.807) is 0 Å². The van der Waals surface area contributed by atoms with Gasteiger partial charge in [0, 0.05) is 28.0 Å². The van der Waals surface area contributed by atoms with Crippen molar-refractivity contribution in [1.29, 1.82) is 0 Å². The van der Waals surface area contributed by atoms with E-state index < -0.39 is 6.04 Å². The summed E-state index contributed by atoms with van der Waals surface area (Å²) in [6, 6.07) is 13.2. The Balaban J connectivity index is 1.46. The molecule has 1 N–H and O–H groups in total. The number of morpholine rings is 1. The van der Waals surface area contributed by atoms with Crippen molar-refractivity contribution in [3.05, 3.63) is 51.6 Å². The van der Waals surface area contributed by atoms with Crippen LogP contribution in [0.2, 0.25) is 0 Å². The standard InChI is InChI=1S/C21H22IN3O3/c1-14-12-15(22)2-7-19(14)25-20(26)13-18(21(25)27)23-16-3-5-17(6-4-16)24-8-10-28-11-9-24/h2-7,12,18,23H,8-11,13H2,1H3. The molecule has 7 heteroatoms. The van der Waals surface area contributed by atoms with Crippen molar-refractivity contribution in [2.24, 2.45) is 0 Å². The number of hydrogen-bond acceptors (Lipinski definition) is 5. The minimum atomic E-state index is -0.541. The first-order chi connectivity index (χ1) is 13.5. The molecule has 2 aliphatic rings. The fraction of sp³-hybridized carbons (Fsp3) is 0.333. The molecule has 2 heterocycles. The Labute approximate surface area is 178 Å². The molecule has 2 saturated heterocycles. The largest absolute Gasteiger partial charge is 0.378 e. The van der Waals surface area contributed by atoms with Crippen molar-refractivity contribution in [2.75, 3.05) is 41.4 Å². The van der Waals surface area contributed by atoms with E-state index >= 15 is 0 Å². The van der Waals surface area contributed by atoms with Crippen LogP contribution in [0.3, 0.4) is 0 Å². The Hall–Kier alpha value is -2.13. The number of halogens is 1. The number of benzene rings is 2. The number of ether oxygens (including phenoxy) is 1. The van der Waals surface area contributed by atoms with Crippen LogP contribution in [-0.4, -0.2) is 44.2 Å². The lowest BCUT2D eigenvalue weighted by Crippen LogP contribution is -2.36. The van der Waals surface area contributed by atoms with Crippen LogP contribution in [0.1, 0.15) is 12.0 Å². The average Bonchev–Trinajstić information content (AvgIpc) is 2.97. The van der Waals surface area contributed by atoms with Gasteiger partial charge in [0.2, 0.25) is 5.91 Å². The number of aryl methyl sites for hydroxylation is 1. The van der Waals surface area contributed by atoms with Crippen LogP contribution in [-0.2, 0) is 14.3 Å². The fourth-order valence-corrected chi connectivity index (χ4v) is 4.31. The fourth-order valence-electron chi connectivity index (χ4n) is 3.66. The first kappa shape index (κ1) is 19.2. The van der Waals surface area contributed by atoms with Crippen molar-refractivity contribution < 1.29 is 14.3 Å². The Bertz CT molecular complexity index is 894. The highest BCUT2D eigenvalue weighted by molar-refractivity contribution is 14.1. The lowest BCUT2D eigenvalue weighted by Gasteiger charge is -2.29. The molecule has 28 heavy (non-hydrogen) atoms. The van der Waals surface area contributed by atoms with Gasteiger partial charge in [-0.25, -0.2) is 4.90 Å². The second kappa shape index (κ2) is 8.08. The molecule has 2 aromatic rings. The highest BCUT2D eigenvalue weighted by atomic mass is 127. The smallest absolute Gasteiger partial charge is 0.256 e. The van der Waals surface area contributed by atoms with Crippen LogP contribution in [0.4, 0.5) is 17.1 Å². The third-order valence-corrected chi connectivity index (χ3v) is 5.80. The third kappa shape index (κ3) is 3.86. The molecular weight excluding hydrogens is 469 g/mol. The van der Waals surface area contributed by atoms with E-state index in [1.807, 2.05) is 49.4 Å². The molecule has 1 atom stereocenters. The maximum atomic E-state index is 12.9. The summed E-state index contributed by atoms with van der Waals surface area (Å²) in [4.78, 5) is 29.0. The van der Waals surface area contributed by atoms with E-state index in [0.717, 1.165) is 46.8 Å². The first-order valence-corrected chi connectivity index (χ1v) is 10.4. The molecule has 0 aliphatic carbocycles. The maximum absolute atomic E-state index is 12.9. The molecule has 6 nitrogen and oxygen atoms in total. The van der Waals surface area contributed by atoms with Gasteiger partial charge in [-0.1, -0.05) is 0 Å². The minimum absolute atomic E-state index is 0.162. The van der Waals surface area contributed by atoms with Gasteiger partial charge >= 0.3 is 0 Å². The molecule has 0 spiro atoms. The van der Waals surface area contributed by atoms with Gasteiger partial charge in [0.1, 0.15) is 6.04 Å². The quantitative estimate of drug-likeness (QED) is 0.526. The summed E-state index contributed by atoms with van der Waals surface area (Å²) in [5.74, 6) is -0.372. The Morgan fingerprint density at radius 3 is 2.46 bits per heavy atom. The number of nitrogens with zero attached hydrogens (tertiary/aromatic N) is 2. The van der Waals surface area contributed by atoms with Gasteiger partial charge in [-0.2, -0.15) is 0 Å². The van der Waals surface area contributed by atoms with E-state index in [9.17, 15) is 9.59 Å². The van der Waals surface area contributed by atoms with Crippen molar-refractivity contribution in [1.82, 2.24) is 0 Å². The number of anilines is 3. The molecule has 146 valence electrons. The highest BCUT2D eigenvalue weighted by Crippen LogP contribution is 2.29. The number of rotatable bonds is 4. The molecule has 0 bridgehead atoms. The predicted octanol–water partition coefficient (Wildman–Crippen LogP) is 3.18. The summed E-state index contributed by atoms with van der Waals surface area (Å²) in [6.45, 7) is 5.17. The Morgan fingerprint density at radius 1 is 1.07 bits per heavy atom. The van der Waals surface area contributed by atoms with Crippen molar-refractivity contribution >= 4 is 51.5 Å². The molecule has 0 aromatic heterocycles. The van der Waals surface area contributed by atoms with Gasteiger partial charge in [0.25, 0.3) is 5.91 Å². The van der Waals surface area contributed by atoms with E-state index in [2.05, 4.69) is 32.8 Å². The summed E-state index contributed by atoms with van der Waals surface area (Å²) in [6.07, 6.45) is 0.162. The molecule has 2 fully saturated rings. The first-order valence-electron chi connectivity index (χ1n) is 9.35. The van der Waals surface area contributed by atoms with Crippen LogP contribution in [0.15, 0.2) is 42.5 Å². The number of hydrogen-bond donors (Lipinski definition) is 1. The third-order valence-electron chi connectivity index (χ3n) is 5.13. The minimum Gasteiger partial charge on any atom is -0.378 e. The molecular formula is C21H22IN3O3. The molecule has 0 saturated carbocycles. The second-order valence-electron chi connectivity index (χ2n) is 7.05. The average molecular weight is 491 g/mol. The topological polar surface area (TPSA) is 61.9 Å². The lowest BCUT2D eigenvalue weighted by atomic mass is 10.2. The summed E-state index contributed by atoms with van der Waals surface area (Å²) < 4.78 is 6.47. The van der Waals surface area contributed by atoms with Gasteiger partial charge in [-0.3, -0.25) is 9.59 Å². The Kier molecular flexibility index (Phi) is 5.54. The number of nitrogens with one attached hydrogen (secondary N) is 1. The number of amides is 2. The lowest BCUT2D eigenvalue weighted by molar-refractivity contribution is -0.121. The van der Waals surface area contributed by atoms with Gasteiger partial charge in [-0.15, -0.1) is 0 Å². The van der Waals surface area contributed by atoms with E-state index in [1.165, 1.54) is 4.90 Å². The summed E-state index contributed by atoms with van der Waals surface area (Å²) in [5.41, 5.74) is 3.56. The van der Waals surface area contributed by atoms with Crippen LogP contribution in [0, 0.1) is 10.5 Å². The van der Waals surface area contributed by atoms with Gasteiger partial charge < -0.3 is 15.0 Å².